The van der Waals surface area contributed by atoms with E-state index in [1.165, 1.54) is 6.20 Å². The Hall–Kier alpha value is -2.59. The maximum absolute atomic E-state index is 12.7. The fourth-order valence-electron chi connectivity index (χ4n) is 2.94. The van der Waals surface area contributed by atoms with Gasteiger partial charge in [-0.2, -0.15) is 0 Å². The van der Waals surface area contributed by atoms with Crippen LogP contribution >= 0.6 is 11.6 Å². The second-order valence-electron chi connectivity index (χ2n) is 5.39. The van der Waals surface area contributed by atoms with Crippen LogP contribution in [0.25, 0.3) is 10.8 Å². The van der Waals surface area contributed by atoms with Gasteiger partial charge in [0, 0.05) is 17.0 Å². The van der Waals surface area contributed by atoms with E-state index in [4.69, 9.17) is 16.3 Å². The number of hydrogen-bond acceptors (Lipinski definition) is 3. The molecule has 1 amide bonds. The van der Waals surface area contributed by atoms with E-state index in [1.807, 2.05) is 42.5 Å². The smallest absolute Gasteiger partial charge is 0.277 e. The standard InChI is InChI=1S/C18H13ClN2O2/c1-23-12-7-5-11(6-8-12)10-21-15-4-2-3-13-14(19)9-20-17(16(13)15)18(21)22/h2-9H,10H2,1H3. The zero-order chi connectivity index (χ0) is 16.0. The van der Waals surface area contributed by atoms with Gasteiger partial charge in [0.1, 0.15) is 11.4 Å². The number of benzene rings is 2. The molecule has 2 heterocycles. The average molecular weight is 325 g/mol. The van der Waals surface area contributed by atoms with E-state index in [-0.39, 0.29) is 5.91 Å². The van der Waals surface area contributed by atoms with Gasteiger partial charge in [-0.3, -0.25) is 4.79 Å². The number of carbonyl (C=O) groups excluding carboxylic acids is 1. The molecule has 0 bridgehead atoms. The second kappa shape index (κ2) is 5.25. The predicted octanol–water partition coefficient (Wildman–Crippen LogP) is 4.06. The number of rotatable bonds is 3. The van der Waals surface area contributed by atoms with Crippen molar-refractivity contribution in [3.8, 4) is 5.75 Å². The summed E-state index contributed by atoms with van der Waals surface area (Å²) >= 11 is 6.21. The number of nitrogens with zero attached hydrogens (tertiary/aromatic N) is 2. The normalized spacial score (nSPS) is 13.0. The summed E-state index contributed by atoms with van der Waals surface area (Å²) in [6.45, 7) is 0.482. The summed E-state index contributed by atoms with van der Waals surface area (Å²) in [6, 6.07) is 13.4. The van der Waals surface area contributed by atoms with Gasteiger partial charge in [0.2, 0.25) is 0 Å². The highest BCUT2D eigenvalue weighted by atomic mass is 35.5. The Bertz CT molecular complexity index is 922. The molecule has 0 aliphatic carbocycles. The molecule has 1 aliphatic heterocycles. The summed E-state index contributed by atoms with van der Waals surface area (Å²) in [5.74, 6) is 0.698. The number of aromatic nitrogens is 1. The van der Waals surface area contributed by atoms with Crippen molar-refractivity contribution in [2.75, 3.05) is 12.0 Å². The highest BCUT2D eigenvalue weighted by Gasteiger charge is 2.31. The number of anilines is 1. The van der Waals surface area contributed by atoms with E-state index in [2.05, 4.69) is 4.98 Å². The fraction of sp³-hybridized carbons (Fsp3) is 0.111. The number of halogens is 1. The van der Waals surface area contributed by atoms with Crippen LogP contribution < -0.4 is 9.64 Å². The maximum atomic E-state index is 12.7. The molecule has 0 saturated heterocycles. The van der Waals surface area contributed by atoms with Gasteiger partial charge in [0.05, 0.1) is 24.4 Å². The lowest BCUT2D eigenvalue weighted by atomic mass is 10.1. The van der Waals surface area contributed by atoms with E-state index in [1.54, 1.807) is 12.0 Å². The van der Waals surface area contributed by atoms with Crippen molar-refractivity contribution >= 4 is 34.0 Å². The largest absolute Gasteiger partial charge is 0.497 e. The van der Waals surface area contributed by atoms with Crippen LogP contribution in [0.15, 0.2) is 48.7 Å². The van der Waals surface area contributed by atoms with Crippen LogP contribution in [0.2, 0.25) is 5.02 Å². The minimum Gasteiger partial charge on any atom is -0.497 e. The molecule has 23 heavy (non-hydrogen) atoms. The molecule has 1 aromatic heterocycles. The molecule has 4 rings (SSSR count). The zero-order valence-electron chi connectivity index (χ0n) is 12.4. The molecular formula is C18H13ClN2O2. The molecule has 114 valence electrons. The van der Waals surface area contributed by atoms with Crippen LogP contribution in [-0.4, -0.2) is 18.0 Å². The number of methoxy groups -OCH3 is 1. The van der Waals surface area contributed by atoms with Gasteiger partial charge in [-0.15, -0.1) is 0 Å². The van der Waals surface area contributed by atoms with E-state index in [0.29, 0.717) is 17.3 Å². The summed E-state index contributed by atoms with van der Waals surface area (Å²) in [5, 5.41) is 2.25. The molecule has 4 nitrogen and oxygen atoms in total. The van der Waals surface area contributed by atoms with Gasteiger partial charge in [0.25, 0.3) is 5.91 Å². The number of pyridine rings is 1. The highest BCUT2D eigenvalue weighted by Crippen LogP contribution is 2.39. The number of amides is 1. The van der Waals surface area contributed by atoms with Crippen LogP contribution in [0, 0.1) is 0 Å². The average Bonchev–Trinajstić information content (AvgIpc) is 2.85. The first-order chi connectivity index (χ1) is 11.2. The molecule has 1 aliphatic rings. The van der Waals surface area contributed by atoms with Gasteiger partial charge in [-0.05, 0) is 23.8 Å². The van der Waals surface area contributed by atoms with Crippen LogP contribution in [0.5, 0.6) is 5.75 Å². The fourth-order valence-corrected chi connectivity index (χ4v) is 3.14. The molecule has 0 saturated carbocycles. The van der Waals surface area contributed by atoms with Crippen molar-refractivity contribution in [3.05, 3.63) is 64.9 Å². The van der Waals surface area contributed by atoms with Crippen LogP contribution in [0.3, 0.4) is 0 Å². The first-order valence-electron chi connectivity index (χ1n) is 7.21. The summed E-state index contributed by atoms with van der Waals surface area (Å²) < 4.78 is 5.17. The topological polar surface area (TPSA) is 42.4 Å². The molecular weight excluding hydrogens is 312 g/mol. The summed E-state index contributed by atoms with van der Waals surface area (Å²) in [7, 11) is 1.63. The van der Waals surface area contributed by atoms with E-state index >= 15 is 0 Å². The molecule has 3 aromatic rings. The molecule has 0 spiro atoms. The molecule has 0 N–H and O–H groups in total. The number of ether oxygens (including phenoxy) is 1. The lowest BCUT2D eigenvalue weighted by Crippen LogP contribution is -2.26. The van der Waals surface area contributed by atoms with Crippen molar-refractivity contribution in [2.45, 2.75) is 6.54 Å². The third-order valence-corrected chi connectivity index (χ3v) is 4.38. The predicted molar refractivity (Wildman–Crippen MR) is 90.3 cm³/mol. The second-order valence-corrected chi connectivity index (χ2v) is 5.80. The van der Waals surface area contributed by atoms with Gasteiger partial charge < -0.3 is 9.64 Å². The maximum Gasteiger partial charge on any atom is 0.277 e. The Morgan fingerprint density at radius 3 is 2.70 bits per heavy atom. The molecule has 0 atom stereocenters. The lowest BCUT2D eigenvalue weighted by Gasteiger charge is -2.17. The van der Waals surface area contributed by atoms with E-state index in [9.17, 15) is 4.79 Å². The Morgan fingerprint density at radius 2 is 1.96 bits per heavy atom. The molecule has 2 aromatic carbocycles. The van der Waals surface area contributed by atoms with E-state index in [0.717, 1.165) is 27.8 Å². The summed E-state index contributed by atoms with van der Waals surface area (Å²) in [6.07, 6.45) is 1.54. The number of hydrogen-bond donors (Lipinski definition) is 0. The van der Waals surface area contributed by atoms with Gasteiger partial charge in [-0.1, -0.05) is 35.9 Å². The molecule has 0 unspecified atom stereocenters. The zero-order valence-corrected chi connectivity index (χ0v) is 13.2. The van der Waals surface area contributed by atoms with Crippen molar-refractivity contribution in [2.24, 2.45) is 0 Å². The Morgan fingerprint density at radius 1 is 1.17 bits per heavy atom. The minimum absolute atomic E-state index is 0.0938. The van der Waals surface area contributed by atoms with Crippen molar-refractivity contribution < 1.29 is 9.53 Å². The third-order valence-electron chi connectivity index (χ3n) is 4.08. The van der Waals surface area contributed by atoms with Crippen molar-refractivity contribution in [3.63, 3.8) is 0 Å². The van der Waals surface area contributed by atoms with Crippen LogP contribution in [-0.2, 0) is 6.54 Å². The van der Waals surface area contributed by atoms with Crippen LogP contribution in [0.1, 0.15) is 16.1 Å². The SMILES string of the molecule is COc1ccc(CN2C(=O)c3ncc(Cl)c4cccc2c34)cc1. The first kappa shape index (κ1) is 14.0. The van der Waals surface area contributed by atoms with E-state index < -0.39 is 0 Å². The van der Waals surface area contributed by atoms with Gasteiger partial charge in [-0.25, -0.2) is 4.98 Å². The first-order valence-corrected chi connectivity index (χ1v) is 7.59. The number of carbonyl (C=O) groups is 1. The quantitative estimate of drug-likeness (QED) is 0.729. The monoisotopic (exact) mass is 324 g/mol. The molecule has 0 radical (unpaired) electrons. The molecule has 5 heteroatoms. The Labute approximate surface area is 138 Å². The van der Waals surface area contributed by atoms with Gasteiger partial charge in [0.15, 0.2) is 0 Å². The molecule has 0 fully saturated rings. The summed E-state index contributed by atoms with van der Waals surface area (Å²) in [5.41, 5.74) is 2.34. The summed E-state index contributed by atoms with van der Waals surface area (Å²) in [4.78, 5) is 18.7. The Balaban J connectivity index is 1.77. The highest BCUT2D eigenvalue weighted by molar-refractivity contribution is 6.37. The lowest BCUT2D eigenvalue weighted by molar-refractivity contribution is 0.0987. The third kappa shape index (κ3) is 2.14. The van der Waals surface area contributed by atoms with Crippen molar-refractivity contribution in [1.82, 2.24) is 4.98 Å². The van der Waals surface area contributed by atoms with Crippen molar-refractivity contribution in [1.29, 1.82) is 0 Å². The Kier molecular flexibility index (Phi) is 3.20. The minimum atomic E-state index is -0.0938. The van der Waals surface area contributed by atoms with Gasteiger partial charge >= 0.3 is 0 Å². The van der Waals surface area contributed by atoms with Crippen LogP contribution in [0.4, 0.5) is 5.69 Å².